The number of hydrogen-bond donors (Lipinski definition) is 0. The zero-order chi connectivity index (χ0) is 76.6. The minimum atomic E-state index is 0.508. The molecule has 108 heavy (non-hydrogen) atoms. The topological polar surface area (TPSA) is 107 Å². The molecule has 0 spiro atoms. The fourth-order valence-electron chi connectivity index (χ4n) is 13.9. The summed E-state index contributed by atoms with van der Waals surface area (Å²) in [5.74, 6) is 23.8. The molecule has 0 aliphatic rings. The molecular weight excluding hydrogens is 1330 g/mol. The molecule has 0 aliphatic carbocycles. The zero-order valence-electron chi connectivity index (χ0n) is 70.5. The average molecular weight is 1490 g/mol. The summed E-state index contributed by atoms with van der Waals surface area (Å²) in [5.41, 5.74) is 3.67. The molecule has 0 unspecified atom stereocenters. The highest BCUT2D eigenvalue weighted by atomic mass is 16.5. The van der Waals surface area contributed by atoms with Crippen LogP contribution in [0.15, 0.2) is 49.1 Å². The highest BCUT2D eigenvalue weighted by molar-refractivity contribution is 5.59. The molecule has 10 nitrogen and oxygen atoms in total. The van der Waals surface area contributed by atoms with Gasteiger partial charge in [-0.15, -0.1) is 0 Å². The lowest BCUT2D eigenvalue weighted by Gasteiger charge is -2.18. The SMILES string of the molecule is CCCCCCCCCCCCOc1cc(C#Cc2cnc(C#Cc3cnc(C#Cc4cc(OCCCCCCCCCCCC)c(OCCCCCCCCCCCC)c(OCCCCCCCCCCCC)c4)cn3)cn2)cc(OCCCCCCCCCCCC)c1OCCCCCCCCCCCC. The standard InChI is InChI=1S/C98H158N4O6/c1-7-13-19-25-31-37-43-49-55-61-73-103-93-79-87(80-94(104-74-62-56-50-44-38-32-26-20-14-8-2)97(93)107-77-65-59-53-47-41-35-29-23-17-11-5)67-69-89-83-101-91(85-99-89)71-72-92-86-100-90(84-102-92)70-68-88-81-95(105-75-63-57-51-45-39-33-27-21-15-9-3)98(108-78-66-60-54-48-42-36-30-24-18-12-6)96(82-88)106-76-64-58-52-46-40-34-28-22-16-10-4/h79-86H,7-66,73-78H2,1-6H3. The lowest BCUT2D eigenvalue weighted by Crippen LogP contribution is -2.07. The summed E-state index contributed by atoms with van der Waals surface area (Å²) >= 11 is 0. The molecule has 0 radical (unpaired) electrons. The molecule has 0 amide bonds. The van der Waals surface area contributed by atoms with Crippen molar-refractivity contribution in [1.29, 1.82) is 0 Å². The second kappa shape index (κ2) is 70.2. The van der Waals surface area contributed by atoms with Gasteiger partial charge in [0.15, 0.2) is 23.0 Å². The first-order chi connectivity index (χ1) is 53.5. The monoisotopic (exact) mass is 1490 g/mol. The van der Waals surface area contributed by atoms with Crippen LogP contribution in [0.1, 0.15) is 461 Å². The van der Waals surface area contributed by atoms with Gasteiger partial charge in [-0.25, -0.2) is 19.9 Å². The van der Waals surface area contributed by atoms with Crippen molar-refractivity contribution in [2.24, 2.45) is 0 Å². The first-order valence-corrected chi connectivity index (χ1v) is 45.8. The fourth-order valence-corrected chi connectivity index (χ4v) is 13.9. The van der Waals surface area contributed by atoms with Crippen molar-refractivity contribution in [3.63, 3.8) is 0 Å². The first-order valence-electron chi connectivity index (χ1n) is 45.8. The summed E-state index contributed by atoms with van der Waals surface area (Å²) in [6, 6.07) is 8.11. The predicted molar refractivity (Wildman–Crippen MR) is 459 cm³/mol. The summed E-state index contributed by atoms with van der Waals surface area (Å²) in [4.78, 5) is 18.7. The Kier molecular flexibility index (Phi) is 61.4. The van der Waals surface area contributed by atoms with Crippen LogP contribution in [-0.4, -0.2) is 59.6 Å². The quantitative estimate of drug-likeness (QED) is 0.0313. The number of benzene rings is 2. The van der Waals surface area contributed by atoms with Crippen molar-refractivity contribution in [3.8, 4) is 70.0 Å². The van der Waals surface area contributed by atoms with E-state index in [0.717, 1.165) is 88.2 Å². The largest absolute Gasteiger partial charge is 0.490 e. The summed E-state index contributed by atoms with van der Waals surface area (Å²) in [6.45, 7) is 17.5. The second-order valence-electron chi connectivity index (χ2n) is 31.1. The van der Waals surface area contributed by atoms with E-state index >= 15 is 0 Å². The maximum absolute atomic E-state index is 6.70. The van der Waals surface area contributed by atoms with E-state index in [1.807, 2.05) is 24.3 Å². The minimum Gasteiger partial charge on any atom is -0.490 e. The Morgan fingerprint density at radius 1 is 0.185 bits per heavy atom. The molecule has 2 heterocycles. The number of rotatable bonds is 72. The molecule has 4 aromatic rings. The van der Waals surface area contributed by atoms with E-state index in [1.54, 1.807) is 24.8 Å². The Labute approximate surface area is 664 Å². The van der Waals surface area contributed by atoms with Crippen LogP contribution in [-0.2, 0) is 0 Å². The van der Waals surface area contributed by atoms with E-state index in [0.29, 0.717) is 96.9 Å². The fraction of sp³-hybridized carbons (Fsp3) is 0.735. The van der Waals surface area contributed by atoms with Gasteiger partial charge in [-0.3, -0.25) is 0 Å². The third-order valence-electron chi connectivity index (χ3n) is 20.8. The van der Waals surface area contributed by atoms with Crippen LogP contribution in [0.5, 0.6) is 34.5 Å². The third kappa shape index (κ3) is 50.8. The molecule has 0 aliphatic heterocycles. The van der Waals surface area contributed by atoms with E-state index in [2.05, 4.69) is 97.0 Å². The summed E-state index contributed by atoms with van der Waals surface area (Å²) < 4.78 is 40.1. The van der Waals surface area contributed by atoms with Crippen LogP contribution in [0, 0.1) is 35.5 Å². The second-order valence-corrected chi connectivity index (χ2v) is 31.1. The van der Waals surface area contributed by atoms with Gasteiger partial charge in [-0.1, -0.05) is 400 Å². The van der Waals surface area contributed by atoms with Gasteiger partial charge in [0.25, 0.3) is 0 Å². The molecule has 606 valence electrons. The molecule has 0 N–H and O–H groups in total. The molecule has 0 bridgehead atoms. The Hall–Kier alpha value is -5.92. The highest BCUT2D eigenvalue weighted by Gasteiger charge is 2.19. The highest BCUT2D eigenvalue weighted by Crippen LogP contribution is 2.41. The van der Waals surface area contributed by atoms with Crippen LogP contribution >= 0.6 is 0 Å². The Morgan fingerprint density at radius 2 is 0.333 bits per heavy atom. The third-order valence-corrected chi connectivity index (χ3v) is 20.8. The lowest BCUT2D eigenvalue weighted by atomic mass is 10.1. The van der Waals surface area contributed by atoms with Crippen LogP contribution in [0.3, 0.4) is 0 Å². The lowest BCUT2D eigenvalue weighted by molar-refractivity contribution is 0.234. The maximum atomic E-state index is 6.70. The van der Waals surface area contributed by atoms with E-state index in [9.17, 15) is 0 Å². The number of ether oxygens (including phenoxy) is 6. The van der Waals surface area contributed by atoms with E-state index < -0.39 is 0 Å². The molecule has 0 fully saturated rings. The molecule has 2 aromatic carbocycles. The molecular formula is C98H158N4O6. The maximum Gasteiger partial charge on any atom is 0.203 e. The van der Waals surface area contributed by atoms with Gasteiger partial charge in [0.1, 0.15) is 22.8 Å². The summed E-state index contributed by atoms with van der Waals surface area (Å²) in [7, 11) is 0. The number of nitrogens with zero attached hydrogens (tertiary/aromatic N) is 4. The van der Waals surface area contributed by atoms with E-state index in [4.69, 9.17) is 28.4 Å². The zero-order valence-corrected chi connectivity index (χ0v) is 70.5. The molecule has 4 rings (SSSR count). The molecule has 0 saturated heterocycles. The van der Waals surface area contributed by atoms with Gasteiger partial charge in [0.05, 0.1) is 64.4 Å². The van der Waals surface area contributed by atoms with Crippen molar-refractivity contribution in [3.05, 3.63) is 83.0 Å². The van der Waals surface area contributed by atoms with Crippen LogP contribution in [0.2, 0.25) is 0 Å². The van der Waals surface area contributed by atoms with Crippen molar-refractivity contribution < 1.29 is 28.4 Å². The molecule has 0 atom stereocenters. The smallest absolute Gasteiger partial charge is 0.203 e. The van der Waals surface area contributed by atoms with Crippen LogP contribution in [0.25, 0.3) is 0 Å². The van der Waals surface area contributed by atoms with Crippen molar-refractivity contribution in [2.45, 2.75) is 427 Å². The number of hydrogen-bond acceptors (Lipinski definition) is 10. The van der Waals surface area contributed by atoms with Crippen molar-refractivity contribution in [1.82, 2.24) is 19.9 Å². The Morgan fingerprint density at radius 3 is 0.500 bits per heavy atom. The van der Waals surface area contributed by atoms with Gasteiger partial charge >= 0.3 is 0 Å². The summed E-state index contributed by atoms with van der Waals surface area (Å²) in [5, 5.41) is 0. The predicted octanol–water partition coefficient (Wildman–Crippen LogP) is 29.3. The van der Waals surface area contributed by atoms with Gasteiger partial charge in [-0.05, 0) is 86.5 Å². The summed E-state index contributed by atoms with van der Waals surface area (Å²) in [6.07, 6.45) is 83.1. The first kappa shape index (κ1) is 94.5. The van der Waals surface area contributed by atoms with E-state index in [-0.39, 0.29) is 0 Å². The molecule has 0 saturated carbocycles. The van der Waals surface area contributed by atoms with Crippen molar-refractivity contribution >= 4 is 0 Å². The normalized spacial score (nSPS) is 11.1. The Balaban J connectivity index is 1.52. The average Bonchev–Trinajstić information content (AvgIpc) is 0.829. The van der Waals surface area contributed by atoms with Crippen LogP contribution < -0.4 is 28.4 Å². The van der Waals surface area contributed by atoms with E-state index in [1.165, 1.54) is 308 Å². The number of unbranched alkanes of at least 4 members (excludes halogenated alkanes) is 54. The van der Waals surface area contributed by atoms with Gasteiger partial charge in [-0.2, -0.15) is 0 Å². The van der Waals surface area contributed by atoms with Crippen LogP contribution in [0.4, 0.5) is 0 Å². The molecule has 2 aromatic heterocycles. The van der Waals surface area contributed by atoms with Crippen molar-refractivity contribution in [2.75, 3.05) is 39.6 Å². The number of aromatic nitrogens is 4. The van der Waals surface area contributed by atoms with Gasteiger partial charge in [0, 0.05) is 11.1 Å². The molecule has 10 heteroatoms. The minimum absolute atomic E-state index is 0.508. The van der Waals surface area contributed by atoms with Gasteiger partial charge < -0.3 is 28.4 Å². The Bertz CT molecular complexity index is 2640. The van der Waals surface area contributed by atoms with Gasteiger partial charge in [0.2, 0.25) is 11.5 Å².